The Balaban J connectivity index is 1.69. The van der Waals surface area contributed by atoms with Crippen LogP contribution in [0.2, 0.25) is 0 Å². The molecule has 1 amide bonds. The monoisotopic (exact) mass is 386 g/mol. The SMILES string of the molecule is CCC(C)=CCCN1C[C@@H](O)[C@@]2(C1)[C@H](CNC(=O)CCO)[C@H]2c1ccccc1. The minimum absolute atomic E-state index is 0.124. The summed E-state index contributed by atoms with van der Waals surface area (Å²) in [5.41, 5.74) is 2.47. The summed E-state index contributed by atoms with van der Waals surface area (Å²) >= 11 is 0. The van der Waals surface area contributed by atoms with Crippen molar-refractivity contribution in [2.75, 3.05) is 32.8 Å². The second kappa shape index (κ2) is 9.21. The van der Waals surface area contributed by atoms with Crippen molar-refractivity contribution in [2.24, 2.45) is 11.3 Å². The molecule has 1 spiro atoms. The second-order valence-electron chi connectivity index (χ2n) is 8.33. The van der Waals surface area contributed by atoms with Gasteiger partial charge in [0.15, 0.2) is 0 Å². The molecule has 1 aromatic carbocycles. The molecule has 154 valence electrons. The number of hydrogen-bond acceptors (Lipinski definition) is 4. The number of benzene rings is 1. The summed E-state index contributed by atoms with van der Waals surface area (Å²) in [7, 11) is 0. The molecule has 0 unspecified atom stereocenters. The van der Waals surface area contributed by atoms with Crippen molar-refractivity contribution in [1.29, 1.82) is 0 Å². The van der Waals surface area contributed by atoms with Crippen molar-refractivity contribution >= 4 is 5.91 Å². The van der Waals surface area contributed by atoms with Crippen LogP contribution in [0.15, 0.2) is 42.0 Å². The minimum atomic E-state index is -0.381. The fourth-order valence-electron chi connectivity index (χ4n) is 4.92. The van der Waals surface area contributed by atoms with Crippen molar-refractivity contribution in [3.8, 4) is 0 Å². The summed E-state index contributed by atoms with van der Waals surface area (Å²) < 4.78 is 0. The van der Waals surface area contributed by atoms with Crippen LogP contribution in [-0.4, -0.2) is 59.9 Å². The Morgan fingerprint density at radius 1 is 1.36 bits per heavy atom. The first-order valence-electron chi connectivity index (χ1n) is 10.5. The molecule has 2 aliphatic rings. The molecule has 0 radical (unpaired) electrons. The molecule has 1 heterocycles. The van der Waals surface area contributed by atoms with E-state index < -0.39 is 0 Å². The number of likely N-dealkylation sites (tertiary alicyclic amines) is 1. The van der Waals surface area contributed by atoms with Crippen molar-refractivity contribution in [1.82, 2.24) is 10.2 Å². The van der Waals surface area contributed by atoms with Gasteiger partial charge >= 0.3 is 0 Å². The summed E-state index contributed by atoms with van der Waals surface area (Å²) in [5.74, 6) is 0.363. The number of carbonyl (C=O) groups excluding carboxylic acids is 1. The summed E-state index contributed by atoms with van der Waals surface area (Å²) in [5, 5.41) is 22.9. The molecule has 4 atom stereocenters. The molecular weight excluding hydrogens is 352 g/mol. The van der Waals surface area contributed by atoms with Crippen LogP contribution in [0.4, 0.5) is 0 Å². The lowest BCUT2D eigenvalue weighted by atomic mass is 9.95. The Kier molecular flexibility index (Phi) is 6.91. The van der Waals surface area contributed by atoms with Gasteiger partial charge in [-0.1, -0.05) is 48.9 Å². The number of hydrogen-bond donors (Lipinski definition) is 3. The van der Waals surface area contributed by atoms with E-state index in [0.717, 1.165) is 25.9 Å². The Labute approximate surface area is 168 Å². The molecule has 1 saturated heterocycles. The first-order valence-corrected chi connectivity index (χ1v) is 10.5. The highest BCUT2D eigenvalue weighted by Crippen LogP contribution is 2.68. The number of aliphatic hydroxyl groups is 2. The Morgan fingerprint density at radius 2 is 2.11 bits per heavy atom. The first kappa shape index (κ1) is 21.0. The first-order chi connectivity index (χ1) is 13.5. The predicted molar refractivity (Wildman–Crippen MR) is 111 cm³/mol. The van der Waals surface area contributed by atoms with Crippen LogP contribution in [0.25, 0.3) is 0 Å². The van der Waals surface area contributed by atoms with Crippen LogP contribution in [-0.2, 0) is 4.79 Å². The van der Waals surface area contributed by atoms with Gasteiger partial charge in [0.25, 0.3) is 0 Å². The Bertz CT molecular complexity index is 690. The van der Waals surface area contributed by atoms with E-state index in [2.05, 4.69) is 42.3 Å². The van der Waals surface area contributed by atoms with Crippen molar-refractivity contribution < 1.29 is 15.0 Å². The molecule has 3 N–H and O–H groups in total. The summed E-state index contributed by atoms with van der Waals surface area (Å²) in [4.78, 5) is 14.2. The lowest BCUT2D eigenvalue weighted by Gasteiger charge is -2.16. The summed E-state index contributed by atoms with van der Waals surface area (Å²) in [6, 6.07) is 10.4. The average Bonchev–Trinajstić information content (AvgIpc) is 3.22. The van der Waals surface area contributed by atoms with Crippen LogP contribution in [0, 0.1) is 11.3 Å². The van der Waals surface area contributed by atoms with Gasteiger partial charge in [0, 0.05) is 38.0 Å². The van der Waals surface area contributed by atoms with Gasteiger partial charge in [-0.3, -0.25) is 9.69 Å². The lowest BCUT2D eigenvalue weighted by molar-refractivity contribution is -0.121. The molecule has 5 nitrogen and oxygen atoms in total. The molecule has 1 aliphatic heterocycles. The van der Waals surface area contributed by atoms with Gasteiger partial charge in [0.2, 0.25) is 5.91 Å². The maximum Gasteiger partial charge on any atom is 0.222 e. The van der Waals surface area contributed by atoms with Gasteiger partial charge in [-0.25, -0.2) is 0 Å². The summed E-state index contributed by atoms with van der Waals surface area (Å²) in [6.07, 6.45) is 4.14. The van der Waals surface area contributed by atoms with Gasteiger partial charge in [-0.15, -0.1) is 0 Å². The maximum absolute atomic E-state index is 11.9. The highest BCUT2D eigenvalue weighted by molar-refractivity contribution is 5.76. The topological polar surface area (TPSA) is 72.8 Å². The minimum Gasteiger partial charge on any atom is -0.396 e. The number of carbonyl (C=O) groups is 1. The molecule has 1 aromatic rings. The van der Waals surface area contributed by atoms with Crippen LogP contribution in [0.5, 0.6) is 0 Å². The molecule has 1 aliphatic carbocycles. The number of aliphatic hydroxyl groups excluding tert-OH is 2. The largest absolute Gasteiger partial charge is 0.396 e. The molecule has 3 rings (SSSR count). The zero-order valence-electron chi connectivity index (χ0n) is 17.1. The number of nitrogens with one attached hydrogen (secondary N) is 1. The van der Waals surface area contributed by atoms with Gasteiger partial charge in [-0.05, 0) is 37.2 Å². The molecule has 28 heavy (non-hydrogen) atoms. The molecule has 5 heteroatoms. The number of allylic oxidation sites excluding steroid dienone is 1. The van der Waals surface area contributed by atoms with Gasteiger partial charge < -0.3 is 15.5 Å². The Hall–Kier alpha value is -1.69. The van der Waals surface area contributed by atoms with Gasteiger partial charge in [0.05, 0.1) is 12.7 Å². The molecule has 1 saturated carbocycles. The standard InChI is InChI=1S/C23H34N2O3/c1-3-17(2)8-7-12-25-15-20(27)23(16-25)19(14-24-21(28)11-13-26)22(23)18-9-5-4-6-10-18/h4-6,8-10,19-20,22,26-27H,3,7,11-16H2,1-2H3,(H,24,28)/t19-,20-,22-,23-/m1/s1. The van der Waals surface area contributed by atoms with E-state index in [-0.39, 0.29) is 42.3 Å². The zero-order valence-corrected chi connectivity index (χ0v) is 17.1. The van der Waals surface area contributed by atoms with Crippen LogP contribution in [0.1, 0.15) is 44.6 Å². The van der Waals surface area contributed by atoms with Crippen molar-refractivity contribution in [3.05, 3.63) is 47.5 Å². The highest BCUT2D eigenvalue weighted by atomic mass is 16.3. The third kappa shape index (κ3) is 4.32. The number of amides is 1. The number of nitrogens with zero attached hydrogens (tertiary/aromatic N) is 1. The number of β-amino-alcohol motifs (C(OH)–C–C–N with tert-alkyl or cyclic N) is 1. The van der Waals surface area contributed by atoms with Gasteiger partial charge in [0.1, 0.15) is 0 Å². The normalized spacial score (nSPS) is 30.0. The van der Waals surface area contributed by atoms with E-state index >= 15 is 0 Å². The quantitative estimate of drug-likeness (QED) is 0.570. The number of rotatable bonds is 9. The van der Waals surface area contributed by atoms with E-state index in [1.165, 1.54) is 11.1 Å². The molecule has 2 fully saturated rings. The van der Waals surface area contributed by atoms with Crippen LogP contribution in [0.3, 0.4) is 0 Å². The van der Waals surface area contributed by atoms with Crippen molar-refractivity contribution in [3.63, 3.8) is 0 Å². The van der Waals surface area contributed by atoms with E-state index in [1.807, 2.05) is 18.2 Å². The fraction of sp³-hybridized carbons (Fsp3) is 0.609. The smallest absolute Gasteiger partial charge is 0.222 e. The van der Waals surface area contributed by atoms with Crippen molar-refractivity contribution in [2.45, 2.75) is 45.1 Å². The molecule has 0 aromatic heterocycles. The van der Waals surface area contributed by atoms with E-state index in [1.54, 1.807) is 0 Å². The third-order valence-electron chi connectivity index (χ3n) is 6.62. The van der Waals surface area contributed by atoms with E-state index in [0.29, 0.717) is 13.1 Å². The summed E-state index contributed by atoms with van der Waals surface area (Å²) in [6.45, 7) is 7.28. The highest BCUT2D eigenvalue weighted by Gasteiger charge is 2.70. The van der Waals surface area contributed by atoms with Crippen LogP contribution < -0.4 is 5.32 Å². The third-order valence-corrected chi connectivity index (χ3v) is 6.62. The maximum atomic E-state index is 11.9. The fourth-order valence-corrected chi connectivity index (χ4v) is 4.92. The predicted octanol–water partition coefficient (Wildman–Crippen LogP) is 2.31. The lowest BCUT2D eigenvalue weighted by Crippen LogP contribution is -2.30. The average molecular weight is 387 g/mol. The Morgan fingerprint density at radius 3 is 2.79 bits per heavy atom. The van der Waals surface area contributed by atoms with Crippen LogP contribution >= 0.6 is 0 Å². The second-order valence-corrected chi connectivity index (χ2v) is 8.33. The van der Waals surface area contributed by atoms with E-state index in [4.69, 9.17) is 5.11 Å². The molecule has 0 bridgehead atoms. The van der Waals surface area contributed by atoms with E-state index in [9.17, 15) is 9.90 Å². The molecular formula is C23H34N2O3. The zero-order chi connectivity index (χ0) is 20.1. The van der Waals surface area contributed by atoms with Gasteiger partial charge in [-0.2, -0.15) is 0 Å².